The molecule has 1 aliphatic heterocycles. The molecule has 1 fully saturated rings. The zero-order valence-electron chi connectivity index (χ0n) is 11.4. The molecule has 1 aliphatic rings. The number of aliphatic hydroxyl groups is 1. The standard InChI is InChI=1S/C13H26N2O2/c1-5-10(3)14-13(17)11(4)15-7-6-9(2)12(15)8-16/h9-12,16H,5-8H2,1-4H3,(H,14,17). The minimum Gasteiger partial charge on any atom is -0.395 e. The van der Waals surface area contributed by atoms with Crippen molar-refractivity contribution in [3.05, 3.63) is 0 Å². The van der Waals surface area contributed by atoms with Gasteiger partial charge in [0.25, 0.3) is 0 Å². The smallest absolute Gasteiger partial charge is 0.237 e. The van der Waals surface area contributed by atoms with Gasteiger partial charge in [-0.25, -0.2) is 0 Å². The lowest BCUT2D eigenvalue weighted by molar-refractivity contribution is -0.127. The van der Waals surface area contributed by atoms with Crippen molar-refractivity contribution in [1.29, 1.82) is 0 Å². The van der Waals surface area contributed by atoms with Crippen molar-refractivity contribution in [2.45, 2.75) is 58.7 Å². The van der Waals surface area contributed by atoms with Gasteiger partial charge in [0.15, 0.2) is 0 Å². The maximum Gasteiger partial charge on any atom is 0.237 e. The largest absolute Gasteiger partial charge is 0.395 e. The Labute approximate surface area is 104 Å². The number of carbonyl (C=O) groups is 1. The van der Waals surface area contributed by atoms with Gasteiger partial charge >= 0.3 is 0 Å². The molecule has 0 spiro atoms. The maximum absolute atomic E-state index is 12.0. The lowest BCUT2D eigenvalue weighted by atomic mass is 10.0. The van der Waals surface area contributed by atoms with E-state index in [1.807, 2.05) is 13.8 Å². The summed E-state index contributed by atoms with van der Waals surface area (Å²) in [5, 5.41) is 12.4. The van der Waals surface area contributed by atoms with Crippen LogP contribution in [0.1, 0.15) is 40.5 Å². The monoisotopic (exact) mass is 242 g/mol. The Morgan fingerprint density at radius 1 is 1.53 bits per heavy atom. The number of carbonyl (C=O) groups excluding carboxylic acids is 1. The van der Waals surface area contributed by atoms with Gasteiger partial charge < -0.3 is 10.4 Å². The number of amides is 1. The van der Waals surface area contributed by atoms with Crippen molar-refractivity contribution in [3.63, 3.8) is 0 Å². The second-order valence-electron chi connectivity index (χ2n) is 5.25. The third-order valence-corrected chi connectivity index (χ3v) is 3.99. The summed E-state index contributed by atoms with van der Waals surface area (Å²) in [6.45, 7) is 9.19. The molecule has 0 aliphatic carbocycles. The zero-order valence-corrected chi connectivity index (χ0v) is 11.4. The highest BCUT2D eigenvalue weighted by molar-refractivity contribution is 5.81. The molecule has 4 unspecified atom stereocenters. The van der Waals surface area contributed by atoms with Gasteiger partial charge in [0.2, 0.25) is 5.91 Å². The van der Waals surface area contributed by atoms with Gasteiger partial charge in [0, 0.05) is 12.1 Å². The van der Waals surface area contributed by atoms with Crippen molar-refractivity contribution in [1.82, 2.24) is 10.2 Å². The first-order chi connectivity index (χ1) is 8.01. The fraction of sp³-hybridized carbons (Fsp3) is 0.923. The van der Waals surface area contributed by atoms with Crippen LogP contribution in [0.4, 0.5) is 0 Å². The minimum absolute atomic E-state index is 0.0758. The van der Waals surface area contributed by atoms with Crippen LogP contribution in [0.3, 0.4) is 0 Å². The fourth-order valence-electron chi connectivity index (χ4n) is 2.42. The van der Waals surface area contributed by atoms with Crippen LogP contribution in [-0.2, 0) is 4.79 Å². The van der Waals surface area contributed by atoms with Crippen LogP contribution in [0.2, 0.25) is 0 Å². The molecule has 4 nitrogen and oxygen atoms in total. The summed E-state index contributed by atoms with van der Waals surface area (Å²) in [6.07, 6.45) is 2.00. The van der Waals surface area contributed by atoms with Crippen LogP contribution in [0.15, 0.2) is 0 Å². The fourth-order valence-corrected chi connectivity index (χ4v) is 2.42. The van der Waals surface area contributed by atoms with Crippen LogP contribution in [-0.4, -0.2) is 47.2 Å². The lowest BCUT2D eigenvalue weighted by Crippen LogP contribution is -2.50. The first kappa shape index (κ1) is 14.5. The molecule has 1 rings (SSSR count). The van der Waals surface area contributed by atoms with Crippen molar-refractivity contribution in [2.24, 2.45) is 5.92 Å². The number of likely N-dealkylation sites (tertiary alicyclic amines) is 1. The summed E-state index contributed by atoms with van der Waals surface area (Å²) in [4.78, 5) is 14.2. The second kappa shape index (κ2) is 6.36. The third-order valence-electron chi connectivity index (χ3n) is 3.99. The summed E-state index contributed by atoms with van der Waals surface area (Å²) >= 11 is 0. The van der Waals surface area contributed by atoms with Crippen molar-refractivity contribution < 1.29 is 9.90 Å². The summed E-state index contributed by atoms with van der Waals surface area (Å²) < 4.78 is 0. The average molecular weight is 242 g/mol. The van der Waals surface area contributed by atoms with Gasteiger partial charge in [-0.05, 0) is 39.2 Å². The highest BCUT2D eigenvalue weighted by atomic mass is 16.3. The second-order valence-corrected chi connectivity index (χ2v) is 5.25. The molecule has 0 radical (unpaired) electrons. The van der Waals surface area contributed by atoms with Gasteiger partial charge in [0.05, 0.1) is 12.6 Å². The van der Waals surface area contributed by atoms with E-state index >= 15 is 0 Å². The first-order valence-corrected chi connectivity index (χ1v) is 6.68. The quantitative estimate of drug-likeness (QED) is 0.756. The Balaban J connectivity index is 2.57. The van der Waals surface area contributed by atoms with Crippen LogP contribution in [0, 0.1) is 5.92 Å². The van der Waals surface area contributed by atoms with E-state index < -0.39 is 0 Å². The molecule has 4 atom stereocenters. The minimum atomic E-state index is -0.147. The van der Waals surface area contributed by atoms with Gasteiger partial charge in [0.1, 0.15) is 0 Å². The van der Waals surface area contributed by atoms with E-state index in [4.69, 9.17) is 0 Å². The number of nitrogens with one attached hydrogen (secondary N) is 1. The van der Waals surface area contributed by atoms with E-state index in [1.165, 1.54) is 0 Å². The summed E-state index contributed by atoms with van der Waals surface area (Å²) in [5.41, 5.74) is 0. The molecule has 1 heterocycles. The Hall–Kier alpha value is -0.610. The summed E-state index contributed by atoms with van der Waals surface area (Å²) in [7, 11) is 0. The van der Waals surface area contributed by atoms with E-state index in [-0.39, 0.29) is 30.6 Å². The van der Waals surface area contributed by atoms with E-state index in [1.54, 1.807) is 0 Å². The molecule has 0 aromatic rings. The lowest BCUT2D eigenvalue weighted by Gasteiger charge is -2.30. The van der Waals surface area contributed by atoms with Crippen LogP contribution < -0.4 is 5.32 Å². The normalized spacial score (nSPS) is 29.0. The third kappa shape index (κ3) is 3.42. The number of nitrogens with zero attached hydrogens (tertiary/aromatic N) is 1. The van der Waals surface area contributed by atoms with E-state index in [9.17, 15) is 9.90 Å². The molecule has 0 bridgehead atoms. The predicted octanol–water partition coefficient (Wildman–Crippen LogP) is 0.992. The molecule has 2 N–H and O–H groups in total. The first-order valence-electron chi connectivity index (χ1n) is 6.68. The van der Waals surface area contributed by atoms with Crippen molar-refractivity contribution >= 4 is 5.91 Å². The van der Waals surface area contributed by atoms with Crippen LogP contribution in [0.25, 0.3) is 0 Å². The van der Waals surface area contributed by atoms with E-state index in [0.717, 1.165) is 19.4 Å². The highest BCUT2D eigenvalue weighted by Gasteiger charge is 2.36. The Kier molecular flexibility index (Phi) is 5.40. The van der Waals surface area contributed by atoms with Crippen molar-refractivity contribution in [2.75, 3.05) is 13.2 Å². The molecule has 100 valence electrons. The number of aliphatic hydroxyl groups excluding tert-OH is 1. The molecular formula is C13H26N2O2. The molecule has 0 saturated carbocycles. The highest BCUT2D eigenvalue weighted by Crippen LogP contribution is 2.25. The van der Waals surface area contributed by atoms with Gasteiger partial charge in [-0.2, -0.15) is 0 Å². The summed E-state index contributed by atoms with van der Waals surface area (Å²) in [6, 6.07) is 0.205. The Morgan fingerprint density at radius 2 is 2.18 bits per heavy atom. The summed E-state index contributed by atoms with van der Waals surface area (Å²) in [5.74, 6) is 0.547. The zero-order chi connectivity index (χ0) is 13.0. The molecule has 17 heavy (non-hydrogen) atoms. The number of rotatable bonds is 5. The van der Waals surface area contributed by atoms with E-state index in [0.29, 0.717) is 5.92 Å². The molecule has 4 heteroatoms. The molecule has 1 saturated heterocycles. The predicted molar refractivity (Wildman–Crippen MR) is 68.7 cm³/mol. The van der Waals surface area contributed by atoms with Gasteiger partial charge in [-0.3, -0.25) is 9.69 Å². The van der Waals surface area contributed by atoms with E-state index in [2.05, 4.69) is 24.1 Å². The molecular weight excluding hydrogens is 216 g/mol. The molecule has 0 aromatic heterocycles. The SMILES string of the molecule is CCC(C)NC(=O)C(C)N1CCC(C)C1CO. The maximum atomic E-state index is 12.0. The Bertz CT molecular complexity index is 258. The average Bonchev–Trinajstić information content (AvgIpc) is 2.68. The molecule has 0 aromatic carbocycles. The molecule has 1 amide bonds. The number of hydrogen-bond donors (Lipinski definition) is 2. The van der Waals surface area contributed by atoms with Crippen molar-refractivity contribution in [3.8, 4) is 0 Å². The van der Waals surface area contributed by atoms with Crippen LogP contribution in [0.5, 0.6) is 0 Å². The van der Waals surface area contributed by atoms with Gasteiger partial charge in [-0.1, -0.05) is 13.8 Å². The topological polar surface area (TPSA) is 52.6 Å². The van der Waals surface area contributed by atoms with Crippen LogP contribution >= 0.6 is 0 Å². The van der Waals surface area contributed by atoms with Gasteiger partial charge in [-0.15, -0.1) is 0 Å². The Morgan fingerprint density at radius 3 is 2.71 bits per heavy atom. The number of hydrogen-bond acceptors (Lipinski definition) is 3.